The van der Waals surface area contributed by atoms with Gasteiger partial charge in [-0.1, -0.05) is 37.3 Å². The topological polar surface area (TPSA) is 96.0 Å². The summed E-state index contributed by atoms with van der Waals surface area (Å²) in [5, 5.41) is 22.7. The number of nitro benzene ring substituents is 1. The van der Waals surface area contributed by atoms with Crippen LogP contribution < -0.4 is 4.74 Å². The van der Waals surface area contributed by atoms with Crippen LogP contribution in [-0.4, -0.2) is 25.1 Å². The Hall–Kier alpha value is -3.29. The van der Waals surface area contributed by atoms with Crippen molar-refractivity contribution in [2.24, 2.45) is 0 Å². The number of aromatic nitrogens is 4. The number of tetrazole rings is 1. The number of rotatable bonds is 8. The van der Waals surface area contributed by atoms with Crippen LogP contribution in [0.15, 0.2) is 48.5 Å². The normalized spacial score (nSPS) is 10.7. The van der Waals surface area contributed by atoms with Gasteiger partial charge in [0.1, 0.15) is 12.4 Å². The summed E-state index contributed by atoms with van der Waals surface area (Å²) in [5.74, 6) is 1.21. The zero-order valence-corrected chi connectivity index (χ0v) is 14.4. The van der Waals surface area contributed by atoms with Crippen LogP contribution in [0.3, 0.4) is 0 Å². The summed E-state index contributed by atoms with van der Waals surface area (Å²) >= 11 is 0. The Morgan fingerprint density at radius 2 is 2.00 bits per heavy atom. The van der Waals surface area contributed by atoms with E-state index in [2.05, 4.69) is 15.5 Å². The average molecular weight is 353 g/mol. The van der Waals surface area contributed by atoms with Gasteiger partial charge in [0.15, 0.2) is 5.82 Å². The van der Waals surface area contributed by atoms with Crippen LogP contribution in [0.25, 0.3) is 0 Å². The standard InChI is InChI=1S/C18H19N5O3/c1-2-10-22-18(19-20-21-22)13-26-17-9-8-16(23(24)25)12-15(17)11-14-6-4-3-5-7-14/h3-9,12H,2,10-11,13H2,1H3. The maximum atomic E-state index is 11.1. The average Bonchev–Trinajstić information content (AvgIpc) is 3.09. The molecule has 26 heavy (non-hydrogen) atoms. The first-order valence-corrected chi connectivity index (χ1v) is 8.36. The van der Waals surface area contributed by atoms with Crippen molar-refractivity contribution in [3.8, 4) is 5.75 Å². The van der Waals surface area contributed by atoms with Crippen LogP contribution in [0.5, 0.6) is 5.75 Å². The van der Waals surface area contributed by atoms with Gasteiger partial charge < -0.3 is 4.74 Å². The largest absolute Gasteiger partial charge is 0.485 e. The minimum Gasteiger partial charge on any atom is -0.485 e. The van der Waals surface area contributed by atoms with Gasteiger partial charge in [-0.2, -0.15) is 0 Å². The number of hydrogen-bond acceptors (Lipinski definition) is 6. The Morgan fingerprint density at radius 3 is 2.73 bits per heavy atom. The molecule has 0 bridgehead atoms. The number of hydrogen-bond donors (Lipinski definition) is 0. The van der Waals surface area contributed by atoms with E-state index in [9.17, 15) is 10.1 Å². The molecule has 1 heterocycles. The Kier molecular flexibility index (Phi) is 5.52. The first-order valence-electron chi connectivity index (χ1n) is 8.36. The number of benzene rings is 2. The lowest BCUT2D eigenvalue weighted by atomic mass is 10.0. The molecule has 0 fully saturated rings. The fourth-order valence-corrected chi connectivity index (χ4v) is 2.63. The second kappa shape index (κ2) is 8.19. The van der Waals surface area contributed by atoms with Gasteiger partial charge >= 0.3 is 0 Å². The molecule has 8 nitrogen and oxygen atoms in total. The van der Waals surface area contributed by atoms with Crippen LogP contribution in [0.1, 0.15) is 30.3 Å². The van der Waals surface area contributed by atoms with Crippen molar-refractivity contribution in [1.82, 2.24) is 20.2 Å². The predicted octanol–water partition coefficient (Wildman–Crippen LogP) is 3.16. The Morgan fingerprint density at radius 1 is 1.19 bits per heavy atom. The first-order chi connectivity index (χ1) is 12.7. The Labute approximate surface area is 150 Å². The molecule has 3 aromatic rings. The lowest BCUT2D eigenvalue weighted by Crippen LogP contribution is -2.09. The van der Waals surface area contributed by atoms with Gasteiger partial charge in [0, 0.05) is 30.7 Å². The van der Waals surface area contributed by atoms with Gasteiger partial charge in [0.25, 0.3) is 5.69 Å². The monoisotopic (exact) mass is 353 g/mol. The minimum atomic E-state index is -0.403. The lowest BCUT2D eigenvalue weighted by Gasteiger charge is -2.11. The number of non-ortho nitro benzene ring substituents is 1. The molecule has 0 radical (unpaired) electrons. The van der Waals surface area contributed by atoms with Crippen molar-refractivity contribution in [3.05, 3.63) is 75.6 Å². The summed E-state index contributed by atoms with van der Waals surface area (Å²) in [7, 11) is 0. The van der Waals surface area contributed by atoms with E-state index in [1.165, 1.54) is 6.07 Å². The number of ether oxygens (including phenoxy) is 1. The van der Waals surface area contributed by atoms with Crippen molar-refractivity contribution in [2.45, 2.75) is 32.9 Å². The van der Waals surface area contributed by atoms with Crippen LogP contribution >= 0.6 is 0 Å². The highest BCUT2D eigenvalue weighted by molar-refractivity contribution is 5.46. The summed E-state index contributed by atoms with van der Waals surface area (Å²) < 4.78 is 7.59. The van der Waals surface area contributed by atoms with Crippen LogP contribution in [0, 0.1) is 10.1 Å². The summed E-state index contributed by atoms with van der Waals surface area (Å²) in [6.45, 7) is 2.95. The van der Waals surface area contributed by atoms with Crippen LogP contribution in [0.2, 0.25) is 0 Å². The van der Waals surface area contributed by atoms with E-state index in [-0.39, 0.29) is 12.3 Å². The molecule has 8 heteroatoms. The second-order valence-corrected chi connectivity index (χ2v) is 5.82. The third-order valence-corrected chi connectivity index (χ3v) is 3.89. The van der Waals surface area contributed by atoms with Gasteiger partial charge in [0.2, 0.25) is 0 Å². The summed E-state index contributed by atoms with van der Waals surface area (Å²) in [6.07, 6.45) is 1.45. The number of nitrogens with zero attached hydrogens (tertiary/aromatic N) is 5. The van der Waals surface area contributed by atoms with E-state index in [0.29, 0.717) is 24.5 Å². The fourth-order valence-electron chi connectivity index (χ4n) is 2.63. The molecule has 0 saturated carbocycles. The molecular formula is C18H19N5O3. The zero-order chi connectivity index (χ0) is 18.4. The Balaban J connectivity index is 1.83. The summed E-state index contributed by atoms with van der Waals surface area (Å²) in [6, 6.07) is 14.4. The zero-order valence-electron chi connectivity index (χ0n) is 14.4. The first kappa shape index (κ1) is 17.5. The SMILES string of the molecule is CCCn1nnnc1COc1ccc([N+](=O)[O-])cc1Cc1ccccc1. The van der Waals surface area contributed by atoms with E-state index < -0.39 is 4.92 Å². The third kappa shape index (κ3) is 4.21. The van der Waals surface area contributed by atoms with E-state index in [4.69, 9.17) is 4.74 Å². The van der Waals surface area contributed by atoms with Gasteiger partial charge in [-0.05, 0) is 28.5 Å². The molecular weight excluding hydrogens is 334 g/mol. The molecule has 0 aliphatic carbocycles. The Bertz CT molecular complexity index is 880. The molecule has 0 spiro atoms. The molecule has 134 valence electrons. The third-order valence-electron chi connectivity index (χ3n) is 3.89. The van der Waals surface area contributed by atoms with Gasteiger partial charge in [0.05, 0.1) is 4.92 Å². The molecule has 0 aliphatic heterocycles. The lowest BCUT2D eigenvalue weighted by molar-refractivity contribution is -0.384. The maximum Gasteiger partial charge on any atom is 0.269 e. The summed E-state index contributed by atoms with van der Waals surface area (Å²) in [4.78, 5) is 10.7. The minimum absolute atomic E-state index is 0.0408. The molecule has 3 rings (SSSR count). The van der Waals surface area contributed by atoms with Crippen LogP contribution in [-0.2, 0) is 19.6 Å². The van der Waals surface area contributed by atoms with Gasteiger partial charge in [-0.25, -0.2) is 4.68 Å². The van der Waals surface area contributed by atoms with Crippen molar-refractivity contribution < 1.29 is 9.66 Å². The van der Waals surface area contributed by atoms with Crippen molar-refractivity contribution >= 4 is 5.69 Å². The van der Waals surface area contributed by atoms with Crippen molar-refractivity contribution in [3.63, 3.8) is 0 Å². The van der Waals surface area contributed by atoms with E-state index in [1.54, 1.807) is 16.8 Å². The molecule has 0 N–H and O–H groups in total. The van der Waals surface area contributed by atoms with Gasteiger partial charge in [-0.3, -0.25) is 10.1 Å². The highest BCUT2D eigenvalue weighted by Gasteiger charge is 2.14. The number of aryl methyl sites for hydroxylation is 1. The smallest absolute Gasteiger partial charge is 0.269 e. The fraction of sp³-hybridized carbons (Fsp3) is 0.278. The molecule has 0 saturated heterocycles. The van der Waals surface area contributed by atoms with E-state index in [1.807, 2.05) is 37.3 Å². The predicted molar refractivity (Wildman–Crippen MR) is 94.8 cm³/mol. The molecule has 0 aliphatic rings. The maximum absolute atomic E-state index is 11.1. The highest BCUT2D eigenvalue weighted by atomic mass is 16.6. The molecule has 2 aromatic carbocycles. The summed E-state index contributed by atoms with van der Waals surface area (Å²) in [5.41, 5.74) is 1.84. The highest BCUT2D eigenvalue weighted by Crippen LogP contribution is 2.27. The number of nitro groups is 1. The van der Waals surface area contributed by atoms with E-state index >= 15 is 0 Å². The van der Waals surface area contributed by atoms with Crippen LogP contribution in [0.4, 0.5) is 5.69 Å². The molecule has 0 unspecified atom stereocenters. The quantitative estimate of drug-likeness (QED) is 0.456. The molecule has 0 atom stereocenters. The van der Waals surface area contributed by atoms with E-state index in [0.717, 1.165) is 17.5 Å². The van der Waals surface area contributed by atoms with Gasteiger partial charge in [-0.15, -0.1) is 5.10 Å². The van der Waals surface area contributed by atoms with Crippen molar-refractivity contribution in [2.75, 3.05) is 0 Å². The van der Waals surface area contributed by atoms with Crippen molar-refractivity contribution in [1.29, 1.82) is 0 Å². The second-order valence-electron chi connectivity index (χ2n) is 5.82. The molecule has 1 aromatic heterocycles. The molecule has 0 amide bonds.